The van der Waals surface area contributed by atoms with Crippen LogP contribution in [-0.2, 0) is 0 Å². The lowest BCUT2D eigenvalue weighted by Gasteiger charge is -2.42. The van der Waals surface area contributed by atoms with Gasteiger partial charge in [-0.25, -0.2) is 0 Å². The van der Waals surface area contributed by atoms with Crippen LogP contribution < -0.4 is 43.1 Å². The summed E-state index contributed by atoms with van der Waals surface area (Å²) in [5.74, 6) is 0.524. The van der Waals surface area contributed by atoms with E-state index >= 15 is 0 Å². The van der Waals surface area contributed by atoms with Crippen LogP contribution in [0.1, 0.15) is 57.6 Å². The van der Waals surface area contributed by atoms with Crippen LogP contribution in [0.4, 0.5) is 0 Å². The first kappa shape index (κ1) is 22.5. The van der Waals surface area contributed by atoms with Gasteiger partial charge < -0.3 is 34.0 Å². The van der Waals surface area contributed by atoms with Gasteiger partial charge in [-0.05, 0) is 35.4 Å². The van der Waals surface area contributed by atoms with Gasteiger partial charge in [-0.2, -0.15) is 9.13 Å². The van der Waals surface area contributed by atoms with Gasteiger partial charge in [0.25, 0.3) is 0 Å². The lowest BCUT2D eigenvalue weighted by Crippen LogP contribution is -3.00. The van der Waals surface area contributed by atoms with E-state index in [0.717, 1.165) is 8.95 Å². The molecular weight excluding hydrogens is 660 g/mol. The molecule has 4 atom stereocenters. The van der Waals surface area contributed by atoms with Crippen molar-refractivity contribution in [1.29, 1.82) is 0 Å². The molecule has 7 heterocycles. The van der Waals surface area contributed by atoms with E-state index in [9.17, 15) is 0 Å². The number of halogens is 4. The fourth-order valence-corrected chi connectivity index (χ4v) is 6.86. The van der Waals surface area contributed by atoms with Gasteiger partial charge in [0.05, 0.1) is 11.8 Å². The minimum Gasteiger partial charge on any atom is -1.00 e. The topological polar surface area (TPSA) is 7.76 Å². The first-order chi connectivity index (χ1) is 14.7. The molecule has 0 saturated heterocycles. The molecule has 4 bridgehead atoms. The Morgan fingerprint density at radius 3 is 1.41 bits per heavy atom. The van der Waals surface area contributed by atoms with Gasteiger partial charge in [0.2, 0.25) is 12.1 Å². The molecule has 32 heavy (non-hydrogen) atoms. The van der Waals surface area contributed by atoms with Crippen molar-refractivity contribution in [2.45, 2.75) is 23.9 Å². The largest absolute Gasteiger partial charge is 1.00 e. The predicted molar refractivity (Wildman–Crippen MR) is 122 cm³/mol. The van der Waals surface area contributed by atoms with Crippen molar-refractivity contribution >= 4 is 31.9 Å². The highest BCUT2D eigenvalue weighted by Gasteiger charge is 2.58. The van der Waals surface area contributed by atoms with E-state index in [2.05, 4.69) is 126 Å². The Morgan fingerprint density at radius 2 is 0.969 bits per heavy atom. The molecule has 0 amide bonds. The third kappa shape index (κ3) is 2.92. The third-order valence-electron chi connectivity index (χ3n) is 7.12. The summed E-state index contributed by atoms with van der Waals surface area (Å²) in [5, 5.41) is 0. The zero-order chi connectivity index (χ0) is 20.0. The predicted octanol–water partition coefficient (Wildman–Crippen LogP) is -0.422. The molecule has 4 aromatic rings. The van der Waals surface area contributed by atoms with Crippen LogP contribution in [0.15, 0.2) is 94.1 Å². The molecule has 0 fully saturated rings. The molecule has 6 heteroatoms. The second-order valence-corrected chi connectivity index (χ2v) is 10.3. The Labute approximate surface area is 225 Å². The normalized spacial score (nSPS) is 22.8. The number of hydrogen-bond acceptors (Lipinski definition) is 0. The van der Waals surface area contributed by atoms with Crippen LogP contribution in [0.5, 0.6) is 0 Å². The molecule has 0 N–H and O–H groups in total. The van der Waals surface area contributed by atoms with E-state index < -0.39 is 0 Å². The molecule has 2 aromatic heterocycles. The van der Waals surface area contributed by atoms with Gasteiger partial charge in [0, 0.05) is 44.3 Å². The molecule has 2 nitrogen and oxygen atoms in total. The van der Waals surface area contributed by atoms with Crippen molar-refractivity contribution in [2.24, 2.45) is 0 Å². The van der Waals surface area contributed by atoms with Crippen LogP contribution >= 0.6 is 31.9 Å². The minimum atomic E-state index is 0. The highest BCUT2D eigenvalue weighted by molar-refractivity contribution is 9.10. The molecule has 5 aliphatic heterocycles. The molecule has 0 spiro atoms. The summed E-state index contributed by atoms with van der Waals surface area (Å²) in [5.41, 5.74) is 8.61. The van der Waals surface area contributed by atoms with E-state index in [4.69, 9.17) is 0 Å². The van der Waals surface area contributed by atoms with Crippen LogP contribution in [0.3, 0.4) is 0 Å². The highest BCUT2D eigenvalue weighted by Crippen LogP contribution is 2.55. The highest BCUT2D eigenvalue weighted by atomic mass is 79.9. The average Bonchev–Trinajstić information content (AvgIpc) is 2.75. The lowest BCUT2D eigenvalue weighted by atomic mass is 9.65. The monoisotopic (exact) mass is 674 g/mol. The van der Waals surface area contributed by atoms with E-state index in [-0.39, 0.29) is 57.9 Å². The number of benzene rings is 2. The summed E-state index contributed by atoms with van der Waals surface area (Å²) < 4.78 is 7.38. The van der Waals surface area contributed by atoms with Crippen LogP contribution in [0.25, 0.3) is 0 Å². The summed E-state index contributed by atoms with van der Waals surface area (Å²) in [6.45, 7) is 0. The van der Waals surface area contributed by atoms with E-state index in [1.54, 1.807) is 0 Å². The molecule has 1 aliphatic carbocycles. The summed E-state index contributed by atoms with van der Waals surface area (Å²) in [6, 6.07) is 27.6. The zero-order valence-electron chi connectivity index (χ0n) is 16.8. The standard InChI is InChI=1S/C26H18Br2N2.2BrH/c27-15-7-9-17-19(13-15)23-21-5-1-3-11-29(21)25(17)26-18-10-8-16(28)14-20(18)24(23)22-6-2-4-12-30(22)26;;/h1-14,23-26H;2*1H/q+2;;/p-2/t23-,24+,25-,26+;;. The van der Waals surface area contributed by atoms with Crippen LogP contribution in [-0.4, -0.2) is 0 Å². The van der Waals surface area contributed by atoms with Gasteiger partial charge in [0.15, 0.2) is 23.8 Å². The summed E-state index contributed by atoms with van der Waals surface area (Å²) in [7, 11) is 0. The first-order valence-corrected chi connectivity index (χ1v) is 11.9. The third-order valence-corrected chi connectivity index (χ3v) is 8.11. The van der Waals surface area contributed by atoms with Crippen molar-refractivity contribution in [1.82, 2.24) is 0 Å². The summed E-state index contributed by atoms with van der Waals surface area (Å²) in [6.07, 6.45) is 4.56. The van der Waals surface area contributed by atoms with Crippen molar-refractivity contribution in [3.05, 3.63) is 128 Å². The fraction of sp³-hybridized carbons (Fsp3) is 0.154. The Bertz CT molecular complexity index is 1260. The molecule has 10 rings (SSSR count). The molecule has 6 aliphatic rings. The lowest BCUT2D eigenvalue weighted by molar-refractivity contribution is -0.817. The summed E-state index contributed by atoms with van der Waals surface area (Å²) in [4.78, 5) is 0. The van der Waals surface area contributed by atoms with E-state index in [0.29, 0.717) is 0 Å². The number of nitrogens with zero attached hydrogens (tertiary/aromatic N) is 2. The Hall–Kier alpha value is -1.34. The maximum atomic E-state index is 3.76. The minimum absolute atomic E-state index is 0. The van der Waals surface area contributed by atoms with Gasteiger partial charge in [0.1, 0.15) is 0 Å². The SMILES string of the molecule is Brc1ccc2c(c1)[C@@H]1c3cccc[n+]3[C@H]2[C@@H]2c3ccc(Br)cc3[C@H]1c1cccc[n+]12.[Br-].[Br-]. The first-order valence-electron chi connectivity index (χ1n) is 10.3. The van der Waals surface area contributed by atoms with E-state index in [1.165, 1.54) is 33.6 Å². The van der Waals surface area contributed by atoms with Crippen LogP contribution in [0, 0.1) is 0 Å². The number of aromatic nitrogens is 2. The Morgan fingerprint density at radius 1 is 0.531 bits per heavy atom. The molecule has 0 saturated carbocycles. The second-order valence-electron chi connectivity index (χ2n) is 8.46. The fourth-order valence-electron chi connectivity index (χ4n) is 6.10. The maximum absolute atomic E-state index is 3.76. The molecule has 160 valence electrons. The van der Waals surface area contributed by atoms with Crippen molar-refractivity contribution in [2.75, 3.05) is 0 Å². The van der Waals surface area contributed by atoms with E-state index in [1.807, 2.05) is 0 Å². The van der Waals surface area contributed by atoms with Crippen LogP contribution in [0.2, 0.25) is 0 Å². The number of rotatable bonds is 0. The zero-order valence-corrected chi connectivity index (χ0v) is 23.1. The van der Waals surface area contributed by atoms with Crippen molar-refractivity contribution < 1.29 is 43.1 Å². The van der Waals surface area contributed by atoms with Gasteiger partial charge in [-0.1, -0.05) is 56.1 Å². The molecule has 0 radical (unpaired) electrons. The van der Waals surface area contributed by atoms with Gasteiger partial charge in [-0.15, -0.1) is 0 Å². The van der Waals surface area contributed by atoms with Crippen molar-refractivity contribution in [3.63, 3.8) is 0 Å². The van der Waals surface area contributed by atoms with Gasteiger partial charge in [-0.3, -0.25) is 0 Å². The van der Waals surface area contributed by atoms with Crippen molar-refractivity contribution in [3.8, 4) is 0 Å². The average molecular weight is 678 g/mol. The maximum Gasteiger partial charge on any atom is 0.249 e. The summed E-state index contributed by atoms with van der Waals surface area (Å²) >= 11 is 7.51. The Balaban J connectivity index is 0.00000108. The smallest absolute Gasteiger partial charge is 0.249 e. The molecular formula is C26H18Br4N2. The molecule has 2 aromatic carbocycles. The second kappa shape index (κ2) is 8.15. The van der Waals surface area contributed by atoms with Gasteiger partial charge >= 0.3 is 0 Å². The molecule has 0 unspecified atom stereocenters. The number of hydrogen-bond donors (Lipinski definition) is 0. The quantitative estimate of drug-likeness (QED) is 0.224. The Kier molecular flexibility index (Phi) is 5.72. The number of pyridine rings is 2.